The molecule has 2 atom stereocenters. The molecule has 0 aromatic heterocycles. The van der Waals surface area contributed by atoms with Gasteiger partial charge in [-0.3, -0.25) is 0 Å². The summed E-state index contributed by atoms with van der Waals surface area (Å²) in [7, 11) is 0. The van der Waals surface area contributed by atoms with Crippen molar-refractivity contribution in [2.45, 2.75) is 31.3 Å². The molecule has 3 aliphatic rings. The van der Waals surface area contributed by atoms with E-state index in [0.29, 0.717) is 12.1 Å². The van der Waals surface area contributed by atoms with E-state index in [9.17, 15) is 0 Å². The Morgan fingerprint density at radius 2 is 1.90 bits per heavy atom. The zero-order chi connectivity index (χ0) is 13.8. The second kappa shape index (κ2) is 4.43. The topological polar surface area (TPSA) is 21.3 Å². The number of fused-ring (bicyclic) bond motifs is 2. The molecule has 1 aliphatic carbocycles. The Morgan fingerprint density at radius 3 is 2.81 bits per heavy atom. The van der Waals surface area contributed by atoms with Gasteiger partial charge in [-0.25, -0.2) is 0 Å². The smallest absolute Gasteiger partial charge is 0.0656 e. The Hall–Kier alpha value is -1.64. The number of morpholine rings is 1. The first-order valence-corrected chi connectivity index (χ1v) is 7.97. The molecule has 0 amide bonds. The van der Waals surface area contributed by atoms with Crippen LogP contribution < -0.4 is 5.32 Å². The normalized spacial score (nSPS) is 27.0. The van der Waals surface area contributed by atoms with Gasteiger partial charge in [-0.15, -0.1) is 0 Å². The lowest BCUT2D eigenvalue weighted by Gasteiger charge is -2.35. The molecule has 0 spiro atoms. The van der Waals surface area contributed by atoms with Crippen LogP contribution >= 0.6 is 0 Å². The van der Waals surface area contributed by atoms with Crippen LogP contribution in [0.2, 0.25) is 0 Å². The average molecular weight is 277 g/mol. The zero-order valence-electron chi connectivity index (χ0n) is 12.1. The van der Waals surface area contributed by atoms with Crippen LogP contribution in [0.3, 0.4) is 0 Å². The summed E-state index contributed by atoms with van der Waals surface area (Å²) in [4.78, 5) is 0. The molecule has 1 saturated heterocycles. The van der Waals surface area contributed by atoms with Crippen molar-refractivity contribution in [2.24, 2.45) is 0 Å². The molecule has 2 nitrogen and oxygen atoms in total. The van der Waals surface area contributed by atoms with Crippen LogP contribution in [0, 0.1) is 0 Å². The van der Waals surface area contributed by atoms with Crippen molar-refractivity contribution in [2.75, 3.05) is 13.2 Å². The minimum Gasteiger partial charge on any atom is -0.378 e. The molecule has 0 saturated carbocycles. The van der Waals surface area contributed by atoms with Gasteiger partial charge in [-0.05, 0) is 52.3 Å². The number of hydrogen-bond acceptors (Lipinski definition) is 2. The lowest BCUT2D eigenvalue weighted by Crippen LogP contribution is -2.50. The zero-order valence-corrected chi connectivity index (χ0v) is 12.1. The summed E-state index contributed by atoms with van der Waals surface area (Å²) in [6, 6.07) is 12.4. The molecule has 106 valence electrons. The van der Waals surface area contributed by atoms with Crippen LogP contribution in [-0.4, -0.2) is 25.3 Å². The Balaban J connectivity index is 1.70. The highest BCUT2D eigenvalue weighted by molar-refractivity contribution is 5.99. The van der Waals surface area contributed by atoms with E-state index < -0.39 is 0 Å². The van der Waals surface area contributed by atoms with Crippen LogP contribution in [0.25, 0.3) is 16.3 Å². The van der Waals surface area contributed by atoms with Gasteiger partial charge in [0, 0.05) is 12.1 Å². The van der Waals surface area contributed by atoms with E-state index in [1.54, 1.807) is 0 Å². The third kappa shape index (κ3) is 1.79. The monoisotopic (exact) mass is 277 g/mol. The van der Waals surface area contributed by atoms with Gasteiger partial charge in [0.15, 0.2) is 0 Å². The molecule has 21 heavy (non-hydrogen) atoms. The molecular formula is C19H19NO. The molecule has 2 heteroatoms. The first-order chi connectivity index (χ1) is 10.4. The van der Waals surface area contributed by atoms with Gasteiger partial charge in [-0.2, -0.15) is 0 Å². The minimum absolute atomic E-state index is 0.385. The predicted octanol–water partition coefficient (Wildman–Crippen LogP) is 3.08. The molecule has 2 aromatic carbocycles. The Labute approximate surface area is 124 Å². The van der Waals surface area contributed by atoms with E-state index in [1.807, 2.05) is 0 Å². The summed E-state index contributed by atoms with van der Waals surface area (Å²) in [5.74, 6) is 0. The van der Waals surface area contributed by atoms with Crippen LogP contribution in [0.1, 0.15) is 23.1 Å². The SMILES string of the molecule is C1=C(c2ccc3c4c(cccc24)CC3)CC2COCC1N2. The number of rotatable bonds is 1. The lowest BCUT2D eigenvalue weighted by atomic mass is 9.88. The predicted molar refractivity (Wildman–Crippen MR) is 85.5 cm³/mol. The third-order valence-corrected chi connectivity index (χ3v) is 5.16. The van der Waals surface area contributed by atoms with Crippen molar-refractivity contribution >= 4 is 16.3 Å². The van der Waals surface area contributed by atoms with Crippen molar-refractivity contribution in [3.63, 3.8) is 0 Å². The average Bonchev–Trinajstić information content (AvgIpc) is 2.93. The molecule has 0 radical (unpaired) electrons. The van der Waals surface area contributed by atoms with Crippen LogP contribution in [0.5, 0.6) is 0 Å². The van der Waals surface area contributed by atoms with E-state index in [-0.39, 0.29) is 0 Å². The number of nitrogens with one attached hydrogen (secondary N) is 1. The lowest BCUT2D eigenvalue weighted by molar-refractivity contribution is 0.0561. The Kier molecular flexibility index (Phi) is 2.52. The quantitative estimate of drug-likeness (QED) is 0.865. The maximum Gasteiger partial charge on any atom is 0.0656 e. The first kappa shape index (κ1) is 12.0. The van der Waals surface area contributed by atoms with Gasteiger partial charge >= 0.3 is 0 Å². The highest BCUT2D eigenvalue weighted by atomic mass is 16.5. The van der Waals surface area contributed by atoms with Gasteiger partial charge in [-0.1, -0.05) is 36.4 Å². The second-order valence-corrected chi connectivity index (χ2v) is 6.52. The molecule has 2 aromatic rings. The Bertz CT molecular complexity index is 751. The number of benzene rings is 2. The fourth-order valence-corrected chi connectivity index (χ4v) is 4.25. The molecule has 5 rings (SSSR count). The van der Waals surface area contributed by atoms with Crippen LogP contribution in [0.15, 0.2) is 36.4 Å². The van der Waals surface area contributed by atoms with Gasteiger partial charge in [0.05, 0.1) is 13.2 Å². The largest absolute Gasteiger partial charge is 0.378 e. The van der Waals surface area contributed by atoms with E-state index in [0.717, 1.165) is 19.6 Å². The molecule has 2 heterocycles. The summed E-state index contributed by atoms with van der Waals surface area (Å²) >= 11 is 0. The fourth-order valence-electron chi connectivity index (χ4n) is 4.25. The molecule has 1 N–H and O–H groups in total. The summed E-state index contributed by atoms with van der Waals surface area (Å²) in [6.45, 7) is 1.65. The van der Waals surface area contributed by atoms with Crippen molar-refractivity contribution < 1.29 is 4.74 Å². The van der Waals surface area contributed by atoms with E-state index >= 15 is 0 Å². The van der Waals surface area contributed by atoms with E-state index in [4.69, 9.17) is 4.74 Å². The maximum atomic E-state index is 5.65. The Morgan fingerprint density at radius 1 is 1.00 bits per heavy atom. The third-order valence-electron chi connectivity index (χ3n) is 5.16. The summed E-state index contributed by atoms with van der Waals surface area (Å²) < 4.78 is 5.65. The molecule has 2 bridgehead atoms. The van der Waals surface area contributed by atoms with Crippen molar-refractivity contribution in [3.8, 4) is 0 Å². The fraction of sp³-hybridized carbons (Fsp3) is 0.368. The van der Waals surface area contributed by atoms with E-state index in [2.05, 4.69) is 41.7 Å². The summed E-state index contributed by atoms with van der Waals surface area (Å²) in [5.41, 5.74) is 6.00. The number of hydrogen-bond donors (Lipinski definition) is 1. The molecule has 2 unspecified atom stereocenters. The number of ether oxygens (including phenoxy) is 1. The highest BCUT2D eigenvalue weighted by Crippen LogP contribution is 2.37. The standard InChI is InChI=1S/C19H19NO/c1-2-12-4-5-13-6-7-17(18(3-1)19(12)13)14-8-15-10-21-11-16(9-14)20-15/h1-3,6-8,15-16,20H,4-5,9-11H2. The van der Waals surface area contributed by atoms with E-state index in [1.165, 1.54) is 45.9 Å². The van der Waals surface area contributed by atoms with Gasteiger partial charge in [0.2, 0.25) is 0 Å². The second-order valence-electron chi connectivity index (χ2n) is 6.52. The highest BCUT2D eigenvalue weighted by Gasteiger charge is 2.27. The van der Waals surface area contributed by atoms with Crippen molar-refractivity contribution in [3.05, 3.63) is 53.1 Å². The minimum atomic E-state index is 0.385. The molecule has 1 fully saturated rings. The molecular weight excluding hydrogens is 258 g/mol. The van der Waals surface area contributed by atoms with Crippen molar-refractivity contribution in [1.29, 1.82) is 0 Å². The van der Waals surface area contributed by atoms with Gasteiger partial charge in [0.25, 0.3) is 0 Å². The van der Waals surface area contributed by atoms with Gasteiger partial charge < -0.3 is 10.1 Å². The van der Waals surface area contributed by atoms with Crippen LogP contribution in [-0.2, 0) is 17.6 Å². The number of aryl methyl sites for hydroxylation is 2. The maximum absolute atomic E-state index is 5.65. The van der Waals surface area contributed by atoms with Crippen LogP contribution in [0.4, 0.5) is 0 Å². The first-order valence-electron chi connectivity index (χ1n) is 7.97. The summed E-state index contributed by atoms with van der Waals surface area (Å²) in [6.07, 6.45) is 5.87. The molecule has 2 aliphatic heterocycles. The van der Waals surface area contributed by atoms with Gasteiger partial charge in [0.1, 0.15) is 0 Å². The summed E-state index contributed by atoms with van der Waals surface area (Å²) in [5, 5.41) is 6.61. The van der Waals surface area contributed by atoms with Crippen molar-refractivity contribution in [1.82, 2.24) is 5.32 Å².